The third-order valence-corrected chi connectivity index (χ3v) is 5.91. The minimum atomic E-state index is -0.945. The number of nitrogens with zero attached hydrogens (tertiary/aromatic N) is 1. The number of fused-ring (bicyclic) bond motifs is 1. The molecule has 0 N–H and O–H groups in total. The van der Waals surface area contributed by atoms with E-state index in [1.54, 1.807) is 0 Å². The van der Waals surface area contributed by atoms with Crippen LogP contribution >= 0.6 is 0 Å². The minimum absolute atomic E-state index is 0.147. The average molecular weight is 437 g/mol. The van der Waals surface area contributed by atoms with Gasteiger partial charge in [0, 0.05) is 48.0 Å². The first-order chi connectivity index (χ1) is 15.6. The molecule has 3 aromatic carbocycles. The fraction of sp³-hybridized carbons (Fsp3) is 0.231. The first-order valence-electron chi connectivity index (χ1n) is 10.6. The number of ether oxygens (including phenoxy) is 2. The Bertz CT molecular complexity index is 1250. The normalized spacial score (nSPS) is 14.7. The molecule has 1 aliphatic heterocycles. The molecule has 0 saturated carbocycles. The maximum absolute atomic E-state index is 14.7. The summed E-state index contributed by atoms with van der Waals surface area (Å²) in [4.78, 5) is 0. The summed E-state index contributed by atoms with van der Waals surface area (Å²) in [6.07, 6.45) is 1.59. The van der Waals surface area contributed by atoms with Crippen molar-refractivity contribution in [2.45, 2.75) is 25.4 Å². The SMILES string of the molecule is Fc1cc(OCc2ccccc2)c2cc(C3CCOCC3)n(-c3ccc(F)c(F)c3)c2c1. The summed E-state index contributed by atoms with van der Waals surface area (Å²) < 4.78 is 55.7. The van der Waals surface area contributed by atoms with Crippen LogP contribution in [0.4, 0.5) is 13.2 Å². The van der Waals surface area contributed by atoms with Crippen LogP contribution in [0.2, 0.25) is 0 Å². The number of hydrogen-bond acceptors (Lipinski definition) is 2. The third-order valence-electron chi connectivity index (χ3n) is 5.91. The lowest BCUT2D eigenvalue weighted by molar-refractivity contribution is 0.0842. The lowest BCUT2D eigenvalue weighted by Gasteiger charge is -2.24. The Morgan fingerprint density at radius 3 is 2.41 bits per heavy atom. The van der Waals surface area contributed by atoms with Crippen LogP contribution in [0, 0.1) is 17.5 Å². The Labute approximate surface area is 184 Å². The van der Waals surface area contributed by atoms with Crippen LogP contribution in [-0.2, 0) is 11.3 Å². The minimum Gasteiger partial charge on any atom is -0.488 e. The van der Waals surface area contributed by atoms with Crippen LogP contribution in [0.5, 0.6) is 5.75 Å². The first-order valence-corrected chi connectivity index (χ1v) is 10.6. The fourth-order valence-corrected chi connectivity index (χ4v) is 4.32. The zero-order chi connectivity index (χ0) is 22.1. The van der Waals surface area contributed by atoms with E-state index in [1.807, 2.05) is 41.0 Å². The van der Waals surface area contributed by atoms with Crippen LogP contribution in [0.3, 0.4) is 0 Å². The van der Waals surface area contributed by atoms with Gasteiger partial charge in [-0.3, -0.25) is 0 Å². The van der Waals surface area contributed by atoms with Crippen molar-refractivity contribution in [1.29, 1.82) is 0 Å². The summed E-state index contributed by atoms with van der Waals surface area (Å²) >= 11 is 0. The van der Waals surface area contributed by atoms with E-state index in [2.05, 4.69) is 0 Å². The van der Waals surface area contributed by atoms with Gasteiger partial charge in [-0.2, -0.15) is 0 Å². The largest absolute Gasteiger partial charge is 0.488 e. The monoisotopic (exact) mass is 437 g/mol. The molecule has 5 rings (SSSR count). The molecule has 164 valence electrons. The van der Waals surface area contributed by atoms with Gasteiger partial charge >= 0.3 is 0 Å². The van der Waals surface area contributed by atoms with Crippen molar-refractivity contribution >= 4 is 10.9 Å². The van der Waals surface area contributed by atoms with Crippen molar-refractivity contribution < 1.29 is 22.6 Å². The van der Waals surface area contributed by atoms with E-state index in [0.717, 1.165) is 41.6 Å². The van der Waals surface area contributed by atoms with E-state index in [1.165, 1.54) is 18.2 Å². The summed E-state index contributed by atoms with van der Waals surface area (Å²) in [7, 11) is 0. The van der Waals surface area contributed by atoms with Gasteiger partial charge in [0.25, 0.3) is 0 Å². The number of hydrogen-bond donors (Lipinski definition) is 0. The third kappa shape index (κ3) is 3.98. The molecule has 1 saturated heterocycles. The molecule has 6 heteroatoms. The average Bonchev–Trinajstić information content (AvgIpc) is 3.20. The van der Waals surface area contributed by atoms with Crippen molar-refractivity contribution in [1.82, 2.24) is 4.57 Å². The number of aromatic nitrogens is 1. The Morgan fingerprint density at radius 1 is 0.875 bits per heavy atom. The Morgan fingerprint density at radius 2 is 1.66 bits per heavy atom. The lowest BCUT2D eigenvalue weighted by atomic mass is 9.96. The van der Waals surface area contributed by atoms with Crippen LogP contribution < -0.4 is 4.74 Å². The van der Waals surface area contributed by atoms with Gasteiger partial charge in [0.2, 0.25) is 0 Å². The van der Waals surface area contributed by atoms with Crippen LogP contribution in [0.15, 0.2) is 66.7 Å². The lowest BCUT2D eigenvalue weighted by Crippen LogP contribution is -2.16. The summed E-state index contributed by atoms with van der Waals surface area (Å²) in [5.74, 6) is -1.76. The molecule has 0 aliphatic carbocycles. The molecular formula is C26H22F3NO2. The molecule has 0 amide bonds. The van der Waals surface area contributed by atoms with Crippen molar-refractivity contribution in [3.63, 3.8) is 0 Å². The standard InChI is InChI=1S/C26H22F3NO2/c27-19-12-25-21(26(13-19)32-16-17-4-2-1-3-5-17)15-24(18-8-10-31-11-9-18)30(25)20-6-7-22(28)23(29)14-20/h1-7,12-15,18H,8-11,16H2. The second-order valence-corrected chi connectivity index (χ2v) is 8.00. The van der Waals surface area contributed by atoms with E-state index in [4.69, 9.17) is 9.47 Å². The molecule has 0 unspecified atom stereocenters. The van der Waals surface area contributed by atoms with Crippen LogP contribution in [0.25, 0.3) is 16.6 Å². The Balaban J connectivity index is 1.65. The summed E-state index contributed by atoms with van der Waals surface area (Å²) in [5.41, 5.74) is 2.87. The second-order valence-electron chi connectivity index (χ2n) is 8.00. The molecule has 32 heavy (non-hydrogen) atoms. The summed E-state index contributed by atoms with van der Waals surface area (Å²) in [6.45, 7) is 1.54. The maximum Gasteiger partial charge on any atom is 0.160 e. The molecule has 1 aromatic heterocycles. The van der Waals surface area contributed by atoms with Crippen molar-refractivity contribution in [2.75, 3.05) is 13.2 Å². The highest BCUT2D eigenvalue weighted by molar-refractivity contribution is 5.89. The molecule has 3 nitrogen and oxygen atoms in total. The molecule has 0 radical (unpaired) electrons. The van der Waals surface area contributed by atoms with E-state index in [9.17, 15) is 13.2 Å². The van der Waals surface area contributed by atoms with Gasteiger partial charge in [-0.05, 0) is 42.7 Å². The van der Waals surface area contributed by atoms with Gasteiger partial charge in [-0.25, -0.2) is 13.2 Å². The summed E-state index contributed by atoms with van der Waals surface area (Å²) in [6, 6.07) is 18.2. The molecule has 1 aliphatic rings. The van der Waals surface area contributed by atoms with Crippen LogP contribution in [0.1, 0.15) is 30.0 Å². The van der Waals surface area contributed by atoms with Crippen LogP contribution in [-0.4, -0.2) is 17.8 Å². The number of rotatable bonds is 5. The quantitative estimate of drug-likeness (QED) is 0.355. The zero-order valence-corrected chi connectivity index (χ0v) is 17.4. The molecule has 1 fully saturated rings. The van der Waals surface area contributed by atoms with Gasteiger partial charge in [0.15, 0.2) is 11.6 Å². The topological polar surface area (TPSA) is 23.4 Å². The van der Waals surface area contributed by atoms with Gasteiger partial charge in [-0.1, -0.05) is 30.3 Å². The Kier molecular flexibility index (Phi) is 5.62. The highest BCUT2D eigenvalue weighted by Crippen LogP contribution is 2.38. The first kappa shape index (κ1) is 20.6. The van der Waals surface area contributed by atoms with E-state index >= 15 is 0 Å². The van der Waals surface area contributed by atoms with Gasteiger partial charge in [0.1, 0.15) is 18.2 Å². The van der Waals surface area contributed by atoms with Gasteiger partial charge in [-0.15, -0.1) is 0 Å². The molecule has 2 heterocycles. The summed E-state index contributed by atoms with van der Waals surface area (Å²) in [5, 5.41) is 0.730. The predicted octanol–water partition coefficient (Wildman–Crippen LogP) is 6.52. The fourth-order valence-electron chi connectivity index (χ4n) is 4.32. The number of halogens is 3. The van der Waals surface area contributed by atoms with Gasteiger partial charge in [0.05, 0.1) is 5.52 Å². The number of benzene rings is 3. The Hall–Kier alpha value is -3.25. The molecule has 4 aromatic rings. The molecule has 0 spiro atoms. The molecular weight excluding hydrogens is 415 g/mol. The van der Waals surface area contributed by atoms with Crippen molar-refractivity contribution in [2.24, 2.45) is 0 Å². The molecule has 0 bridgehead atoms. The second kappa shape index (κ2) is 8.71. The smallest absolute Gasteiger partial charge is 0.160 e. The van der Waals surface area contributed by atoms with Gasteiger partial charge < -0.3 is 14.0 Å². The zero-order valence-electron chi connectivity index (χ0n) is 17.4. The predicted molar refractivity (Wildman–Crippen MR) is 117 cm³/mol. The van der Waals surface area contributed by atoms with Crippen molar-refractivity contribution in [3.8, 4) is 11.4 Å². The molecule has 0 atom stereocenters. The van der Waals surface area contributed by atoms with E-state index in [-0.39, 0.29) is 5.92 Å². The maximum atomic E-state index is 14.7. The highest BCUT2D eigenvalue weighted by atomic mass is 19.2. The van der Waals surface area contributed by atoms with E-state index < -0.39 is 17.5 Å². The van der Waals surface area contributed by atoms with Crippen molar-refractivity contribution in [3.05, 3.63) is 95.4 Å². The van der Waals surface area contributed by atoms with E-state index in [0.29, 0.717) is 36.8 Å². The highest BCUT2D eigenvalue weighted by Gasteiger charge is 2.24.